The number of rotatable bonds is 6. The Bertz CT molecular complexity index is 1030. The van der Waals surface area contributed by atoms with Crippen LogP contribution in [-0.2, 0) is 13.2 Å². The topological polar surface area (TPSA) is 38.7 Å². The molecule has 0 spiro atoms. The molecule has 0 aromatic heterocycles. The molecule has 27 heavy (non-hydrogen) atoms. The van der Waals surface area contributed by atoms with E-state index < -0.39 is 0 Å². The quantitative estimate of drug-likeness (QED) is 0.481. The van der Waals surface area contributed by atoms with Crippen LogP contribution in [-0.4, -0.2) is 5.11 Å². The summed E-state index contributed by atoms with van der Waals surface area (Å²) in [6, 6.07) is 29.1. The third-order valence-electron chi connectivity index (χ3n) is 4.41. The fraction of sp³-hybridized carbons (Fsp3) is 0.0833. The van der Waals surface area contributed by atoms with Crippen molar-refractivity contribution < 1.29 is 14.6 Å². The number of phenolic OH excluding ortho intramolecular Hbond substituents is 1. The summed E-state index contributed by atoms with van der Waals surface area (Å²) in [6.45, 7) is 0.907. The van der Waals surface area contributed by atoms with Gasteiger partial charge in [0.2, 0.25) is 0 Å². The van der Waals surface area contributed by atoms with Crippen molar-refractivity contribution in [2.45, 2.75) is 13.2 Å². The van der Waals surface area contributed by atoms with Crippen LogP contribution in [0.25, 0.3) is 10.8 Å². The molecule has 4 aromatic rings. The van der Waals surface area contributed by atoms with E-state index in [4.69, 9.17) is 9.47 Å². The zero-order valence-corrected chi connectivity index (χ0v) is 14.8. The van der Waals surface area contributed by atoms with Crippen molar-refractivity contribution >= 4 is 10.8 Å². The summed E-state index contributed by atoms with van der Waals surface area (Å²) in [5.74, 6) is 1.54. The summed E-state index contributed by atoms with van der Waals surface area (Å²) in [6.07, 6.45) is 0. The summed E-state index contributed by atoms with van der Waals surface area (Å²) < 4.78 is 12.0. The average molecular weight is 356 g/mol. The third-order valence-corrected chi connectivity index (χ3v) is 4.41. The molecule has 134 valence electrons. The van der Waals surface area contributed by atoms with E-state index in [1.807, 2.05) is 78.9 Å². The molecule has 0 aliphatic carbocycles. The second-order valence-electron chi connectivity index (χ2n) is 6.31. The molecule has 4 aromatic carbocycles. The molecular weight excluding hydrogens is 336 g/mol. The van der Waals surface area contributed by atoms with Gasteiger partial charge in [-0.25, -0.2) is 0 Å². The maximum atomic E-state index is 10.4. The van der Waals surface area contributed by atoms with E-state index in [0.717, 1.165) is 22.3 Å². The highest BCUT2D eigenvalue weighted by Gasteiger charge is 2.12. The van der Waals surface area contributed by atoms with Gasteiger partial charge in [-0.15, -0.1) is 0 Å². The smallest absolute Gasteiger partial charge is 0.131 e. The van der Waals surface area contributed by atoms with Crippen LogP contribution in [0.15, 0.2) is 91.0 Å². The first-order valence-corrected chi connectivity index (χ1v) is 8.89. The Morgan fingerprint density at radius 2 is 1.15 bits per heavy atom. The van der Waals surface area contributed by atoms with E-state index in [9.17, 15) is 5.11 Å². The first-order chi connectivity index (χ1) is 13.3. The van der Waals surface area contributed by atoms with E-state index >= 15 is 0 Å². The lowest BCUT2D eigenvalue weighted by atomic mass is 10.1. The molecular formula is C24H20O3. The van der Waals surface area contributed by atoms with E-state index in [2.05, 4.69) is 0 Å². The highest BCUT2D eigenvalue weighted by Crippen LogP contribution is 2.39. The monoisotopic (exact) mass is 356 g/mol. The van der Waals surface area contributed by atoms with Crippen LogP contribution in [0.4, 0.5) is 0 Å². The minimum Gasteiger partial charge on any atom is -0.507 e. The van der Waals surface area contributed by atoms with Gasteiger partial charge in [0, 0.05) is 5.39 Å². The van der Waals surface area contributed by atoms with Gasteiger partial charge in [0.05, 0.1) is 5.39 Å². The van der Waals surface area contributed by atoms with E-state index in [1.165, 1.54) is 0 Å². The van der Waals surface area contributed by atoms with Crippen LogP contribution in [0.2, 0.25) is 0 Å². The molecule has 0 saturated carbocycles. The molecule has 3 nitrogen and oxygen atoms in total. The van der Waals surface area contributed by atoms with Crippen LogP contribution in [0.5, 0.6) is 17.2 Å². The molecule has 0 unspecified atom stereocenters. The summed E-state index contributed by atoms with van der Waals surface area (Å²) in [5, 5.41) is 11.9. The maximum absolute atomic E-state index is 10.4. The zero-order valence-electron chi connectivity index (χ0n) is 14.8. The van der Waals surface area contributed by atoms with E-state index in [1.54, 1.807) is 12.1 Å². The fourth-order valence-electron chi connectivity index (χ4n) is 3.05. The van der Waals surface area contributed by atoms with Crippen molar-refractivity contribution in [1.82, 2.24) is 0 Å². The van der Waals surface area contributed by atoms with Gasteiger partial charge in [-0.3, -0.25) is 0 Å². The van der Waals surface area contributed by atoms with Gasteiger partial charge < -0.3 is 14.6 Å². The van der Waals surface area contributed by atoms with Crippen molar-refractivity contribution in [3.05, 3.63) is 102 Å². The molecule has 1 N–H and O–H groups in total. The SMILES string of the molecule is Oc1ccc(OCc2ccccc2)c2cccc(OCc3ccccc3)c12. The number of ether oxygens (including phenoxy) is 2. The standard InChI is InChI=1S/C24H20O3/c25-21-14-15-22(26-16-18-8-3-1-4-9-18)20-12-7-13-23(24(20)21)27-17-19-10-5-2-6-11-19/h1-15,25H,16-17H2. The first kappa shape index (κ1) is 17.0. The van der Waals surface area contributed by atoms with Gasteiger partial charge in [0.25, 0.3) is 0 Å². The van der Waals surface area contributed by atoms with Crippen LogP contribution in [0.1, 0.15) is 11.1 Å². The van der Waals surface area contributed by atoms with Gasteiger partial charge in [0.1, 0.15) is 30.5 Å². The molecule has 3 heteroatoms. The van der Waals surface area contributed by atoms with Crippen LogP contribution in [0, 0.1) is 0 Å². The Balaban J connectivity index is 1.62. The lowest BCUT2D eigenvalue weighted by Crippen LogP contribution is -1.98. The summed E-state index contributed by atoms with van der Waals surface area (Å²) in [5.41, 5.74) is 2.17. The lowest BCUT2D eigenvalue weighted by molar-refractivity contribution is 0.305. The molecule has 0 bridgehead atoms. The van der Waals surface area contributed by atoms with Gasteiger partial charge in [-0.1, -0.05) is 72.8 Å². The highest BCUT2D eigenvalue weighted by atomic mass is 16.5. The van der Waals surface area contributed by atoms with Crippen molar-refractivity contribution in [2.75, 3.05) is 0 Å². The minimum absolute atomic E-state index is 0.181. The van der Waals surface area contributed by atoms with Gasteiger partial charge in [-0.2, -0.15) is 0 Å². The zero-order chi connectivity index (χ0) is 18.5. The second kappa shape index (κ2) is 7.83. The van der Waals surface area contributed by atoms with Gasteiger partial charge in [-0.05, 0) is 29.3 Å². The Hall–Kier alpha value is -3.46. The summed E-state index contributed by atoms with van der Waals surface area (Å²) in [7, 11) is 0. The molecule has 0 atom stereocenters. The van der Waals surface area contributed by atoms with Crippen molar-refractivity contribution in [3.63, 3.8) is 0 Å². The summed E-state index contributed by atoms with van der Waals surface area (Å²) >= 11 is 0. The van der Waals surface area contributed by atoms with E-state index in [0.29, 0.717) is 24.3 Å². The Morgan fingerprint density at radius 3 is 1.78 bits per heavy atom. The third kappa shape index (κ3) is 3.87. The Morgan fingerprint density at radius 1 is 0.556 bits per heavy atom. The van der Waals surface area contributed by atoms with Crippen molar-refractivity contribution in [1.29, 1.82) is 0 Å². The van der Waals surface area contributed by atoms with Crippen molar-refractivity contribution in [3.8, 4) is 17.2 Å². The molecule has 0 radical (unpaired) electrons. The maximum Gasteiger partial charge on any atom is 0.131 e. The fourth-order valence-corrected chi connectivity index (χ4v) is 3.05. The predicted octanol–water partition coefficient (Wildman–Crippen LogP) is 5.70. The molecule has 0 amide bonds. The normalized spacial score (nSPS) is 10.7. The van der Waals surface area contributed by atoms with Crippen LogP contribution >= 0.6 is 0 Å². The molecule has 0 aliphatic heterocycles. The molecule has 0 aliphatic rings. The van der Waals surface area contributed by atoms with Crippen LogP contribution < -0.4 is 9.47 Å². The Kier molecular flexibility index (Phi) is 4.93. The second-order valence-corrected chi connectivity index (χ2v) is 6.31. The number of phenols is 1. The molecule has 0 saturated heterocycles. The largest absolute Gasteiger partial charge is 0.507 e. The number of aromatic hydroxyl groups is 1. The Labute approximate surface area is 158 Å². The van der Waals surface area contributed by atoms with Gasteiger partial charge in [0.15, 0.2) is 0 Å². The minimum atomic E-state index is 0.181. The number of hydrogen-bond donors (Lipinski definition) is 1. The summed E-state index contributed by atoms with van der Waals surface area (Å²) in [4.78, 5) is 0. The number of hydrogen-bond acceptors (Lipinski definition) is 3. The van der Waals surface area contributed by atoms with Crippen LogP contribution in [0.3, 0.4) is 0 Å². The van der Waals surface area contributed by atoms with E-state index in [-0.39, 0.29) is 5.75 Å². The number of fused-ring (bicyclic) bond motifs is 1. The predicted molar refractivity (Wildman–Crippen MR) is 107 cm³/mol. The molecule has 0 heterocycles. The highest BCUT2D eigenvalue weighted by molar-refractivity contribution is 5.97. The molecule has 4 rings (SSSR count). The number of benzene rings is 4. The average Bonchev–Trinajstić information content (AvgIpc) is 2.73. The van der Waals surface area contributed by atoms with Crippen molar-refractivity contribution in [2.24, 2.45) is 0 Å². The first-order valence-electron chi connectivity index (χ1n) is 8.89. The molecule has 0 fully saturated rings. The van der Waals surface area contributed by atoms with Gasteiger partial charge >= 0.3 is 0 Å². The lowest BCUT2D eigenvalue weighted by Gasteiger charge is -2.14.